The second-order valence-corrected chi connectivity index (χ2v) is 18.3. The van der Waals surface area contributed by atoms with Crippen LogP contribution in [0.2, 0.25) is 0 Å². The van der Waals surface area contributed by atoms with E-state index in [4.69, 9.17) is 0 Å². The second-order valence-electron chi connectivity index (χ2n) is 18.3. The molecule has 0 bridgehead atoms. The van der Waals surface area contributed by atoms with Crippen molar-refractivity contribution in [3.63, 3.8) is 0 Å². The average molecular weight is 878 g/mol. The highest BCUT2D eigenvalue weighted by molar-refractivity contribution is 5.93. The van der Waals surface area contributed by atoms with Crippen molar-refractivity contribution in [1.82, 2.24) is 0 Å². The lowest BCUT2D eigenvalue weighted by molar-refractivity contribution is 0.768. The quantitative estimate of drug-likeness (QED) is 0.140. The van der Waals surface area contributed by atoms with E-state index in [9.17, 15) is 0 Å². The van der Waals surface area contributed by atoms with Crippen molar-refractivity contribution in [2.75, 3.05) is 4.90 Å². The monoisotopic (exact) mass is 877 g/mol. The van der Waals surface area contributed by atoms with Gasteiger partial charge in [-0.05, 0) is 114 Å². The third kappa shape index (κ3) is 6.24. The minimum absolute atomic E-state index is 0.431. The Hall–Kier alpha value is -8.78. The number of hydrogen-bond acceptors (Lipinski definition) is 1. The van der Waals surface area contributed by atoms with Crippen molar-refractivity contribution in [3.05, 3.63) is 330 Å². The van der Waals surface area contributed by atoms with Gasteiger partial charge >= 0.3 is 0 Å². The van der Waals surface area contributed by atoms with Crippen LogP contribution in [0.1, 0.15) is 44.5 Å². The molecule has 0 aromatic heterocycles. The van der Waals surface area contributed by atoms with E-state index in [2.05, 4.69) is 290 Å². The molecule has 0 saturated carbocycles. The summed E-state index contributed by atoms with van der Waals surface area (Å²) in [6.45, 7) is 0. The first kappa shape index (κ1) is 40.5. The van der Waals surface area contributed by atoms with E-state index in [1.807, 2.05) is 0 Å². The molecule has 0 unspecified atom stereocenters. The molecule has 1 nitrogen and oxygen atoms in total. The molecule has 13 rings (SSSR count). The molecule has 11 aromatic carbocycles. The average Bonchev–Trinajstić information content (AvgIpc) is 3.91. The van der Waals surface area contributed by atoms with Crippen LogP contribution in [0.15, 0.2) is 285 Å². The van der Waals surface area contributed by atoms with Crippen LogP contribution in [-0.2, 0) is 10.8 Å². The Morgan fingerprint density at radius 1 is 0.217 bits per heavy atom. The fourth-order valence-corrected chi connectivity index (χ4v) is 12.0. The van der Waals surface area contributed by atoms with E-state index < -0.39 is 10.8 Å². The smallest absolute Gasteiger partial charge is 0.0714 e. The van der Waals surface area contributed by atoms with Crippen LogP contribution in [-0.4, -0.2) is 0 Å². The van der Waals surface area contributed by atoms with Gasteiger partial charge in [-0.3, -0.25) is 0 Å². The predicted octanol–water partition coefficient (Wildman–Crippen LogP) is 17.2. The molecule has 69 heavy (non-hydrogen) atoms. The van der Waals surface area contributed by atoms with Gasteiger partial charge in [-0.1, -0.05) is 255 Å². The van der Waals surface area contributed by atoms with E-state index in [0.29, 0.717) is 0 Å². The van der Waals surface area contributed by atoms with Gasteiger partial charge in [-0.2, -0.15) is 0 Å². The Morgan fingerprint density at radius 3 is 1.06 bits per heavy atom. The molecule has 0 atom stereocenters. The lowest BCUT2D eigenvalue weighted by Gasteiger charge is -2.35. The maximum Gasteiger partial charge on any atom is 0.0714 e. The summed E-state index contributed by atoms with van der Waals surface area (Å²) in [5.41, 5.74) is 22.4. The van der Waals surface area contributed by atoms with Gasteiger partial charge in [-0.25, -0.2) is 0 Å². The molecule has 0 fully saturated rings. The number of fused-ring (bicyclic) bond motifs is 6. The van der Waals surface area contributed by atoms with Crippen molar-refractivity contribution in [1.29, 1.82) is 0 Å². The summed E-state index contributed by atoms with van der Waals surface area (Å²) >= 11 is 0. The highest BCUT2D eigenvalue weighted by atomic mass is 15.1. The van der Waals surface area contributed by atoms with Gasteiger partial charge in [0.1, 0.15) is 0 Å². The van der Waals surface area contributed by atoms with Crippen molar-refractivity contribution < 1.29 is 0 Å². The lowest BCUT2D eigenvalue weighted by atomic mass is 9.67. The highest BCUT2D eigenvalue weighted by Crippen LogP contribution is 2.58. The maximum atomic E-state index is 2.46. The number of nitrogens with zero attached hydrogens (tertiary/aromatic N) is 1. The van der Waals surface area contributed by atoms with E-state index in [1.165, 1.54) is 89.0 Å². The van der Waals surface area contributed by atoms with Crippen LogP contribution < -0.4 is 4.90 Å². The van der Waals surface area contributed by atoms with Crippen LogP contribution in [0.25, 0.3) is 44.5 Å². The Balaban J connectivity index is 0.957. The lowest BCUT2D eigenvalue weighted by Crippen LogP contribution is -2.28. The zero-order valence-corrected chi connectivity index (χ0v) is 38.1. The van der Waals surface area contributed by atoms with E-state index in [-0.39, 0.29) is 0 Å². The number of benzene rings is 11. The molecular formula is C68H47N. The van der Waals surface area contributed by atoms with Gasteiger partial charge in [0.25, 0.3) is 0 Å². The standard InChI is InChI=1S/C68H47N/c1-5-21-50(22-6-1)57-29-16-20-36-66(57)69(56-45-46-61-60-32-15-19-35-64(60)68(65(61)47-56,52-25-9-3-10-26-52)53-27-11-4-12-28-53)55-43-39-49(40-44-55)48-37-41-54(42-38-48)67(51-23-7-2-8-24-51)62-33-17-13-30-58(62)59-31-14-18-34-63(59)67/h1-47H. The van der Waals surface area contributed by atoms with Gasteiger partial charge in [0.05, 0.1) is 16.5 Å². The van der Waals surface area contributed by atoms with E-state index >= 15 is 0 Å². The molecule has 0 amide bonds. The van der Waals surface area contributed by atoms with Crippen molar-refractivity contribution in [2.45, 2.75) is 10.8 Å². The Labute approximate surface area is 404 Å². The molecule has 0 spiro atoms. The first-order valence-electron chi connectivity index (χ1n) is 24.0. The summed E-state index contributed by atoms with van der Waals surface area (Å²) in [6, 6.07) is 105. The van der Waals surface area contributed by atoms with Gasteiger partial charge < -0.3 is 4.90 Å². The Kier molecular flexibility index (Phi) is 9.70. The van der Waals surface area contributed by atoms with Crippen LogP contribution in [0.5, 0.6) is 0 Å². The maximum absolute atomic E-state index is 2.46. The summed E-state index contributed by atoms with van der Waals surface area (Å²) in [7, 11) is 0. The number of anilines is 3. The molecular weight excluding hydrogens is 831 g/mol. The second kappa shape index (κ2) is 16.5. The summed E-state index contributed by atoms with van der Waals surface area (Å²) in [6.07, 6.45) is 0. The molecule has 324 valence electrons. The Bertz CT molecular complexity index is 3550. The van der Waals surface area contributed by atoms with Gasteiger partial charge in [0, 0.05) is 16.9 Å². The highest BCUT2D eigenvalue weighted by Gasteiger charge is 2.47. The van der Waals surface area contributed by atoms with E-state index in [1.54, 1.807) is 0 Å². The first-order chi connectivity index (χ1) is 34.2. The summed E-state index contributed by atoms with van der Waals surface area (Å²) in [5, 5.41) is 0. The van der Waals surface area contributed by atoms with Crippen molar-refractivity contribution >= 4 is 17.1 Å². The summed E-state index contributed by atoms with van der Waals surface area (Å²) in [5.74, 6) is 0. The summed E-state index contributed by atoms with van der Waals surface area (Å²) in [4.78, 5) is 2.46. The third-order valence-corrected chi connectivity index (χ3v) is 14.9. The van der Waals surface area contributed by atoms with Gasteiger partial charge in [-0.15, -0.1) is 0 Å². The molecule has 0 N–H and O–H groups in total. The molecule has 2 aliphatic carbocycles. The molecule has 2 aliphatic rings. The fourth-order valence-electron chi connectivity index (χ4n) is 12.0. The third-order valence-electron chi connectivity index (χ3n) is 14.9. The molecule has 0 saturated heterocycles. The van der Waals surface area contributed by atoms with Crippen LogP contribution in [0.4, 0.5) is 17.1 Å². The molecule has 11 aromatic rings. The SMILES string of the molecule is c1ccc(-c2ccccc2N(c2ccc(-c3ccc(C4(c5ccccc5)c5ccccc5-c5ccccc54)cc3)cc2)c2ccc3c(c2)C(c2ccccc2)(c2ccccc2)c2ccccc2-3)cc1. The minimum Gasteiger partial charge on any atom is -0.310 e. The first-order valence-corrected chi connectivity index (χ1v) is 24.0. The van der Waals surface area contributed by atoms with Gasteiger partial charge in [0.15, 0.2) is 0 Å². The van der Waals surface area contributed by atoms with Gasteiger partial charge in [0.2, 0.25) is 0 Å². The van der Waals surface area contributed by atoms with Crippen LogP contribution in [0, 0.1) is 0 Å². The zero-order chi connectivity index (χ0) is 45.8. The van der Waals surface area contributed by atoms with E-state index in [0.717, 1.165) is 17.1 Å². The largest absolute Gasteiger partial charge is 0.310 e. The number of rotatable bonds is 9. The van der Waals surface area contributed by atoms with Crippen LogP contribution in [0.3, 0.4) is 0 Å². The van der Waals surface area contributed by atoms with Crippen LogP contribution >= 0.6 is 0 Å². The fraction of sp³-hybridized carbons (Fsp3) is 0.0294. The minimum atomic E-state index is -0.521. The molecule has 0 heterocycles. The van der Waals surface area contributed by atoms with Crippen molar-refractivity contribution in [3.8, 4) is 44.5 Å². The molecule has 0 radical (unpaired) electrons. The molecule has 1 heteroatoms. The predicted molar refractivity (Wildman–Crippen MR) is 287 cm³/mol. The normalized spacial score (nSPS) is 13.4. The summed E-state index contributed by atoms with van der Waals surface area (Å²) < 4.78 is 0. The Morgan fingerprint density at radius 2 is 0.565 bits per heavy atom. The molecule has 0 aliphatic heterocycles. The zero-order valence-electron chi connectivity index (χ0n) is 38.1. The number of para-hydroxylation sites is 1. The topological polar surface area (TPSA) is 3.24 Å². The number of hydrogen-bond donors (Lipinski definition) is 0. The van der Waals surface area contributed by atoms with Crippen molar-refractivity contribution in [2.24, 2.45) is 0 Å².